The van der Waals surface area contributed by atoms with Crippen LogP contribution in [0, 0.1) is 5.82 Å². The summed E-state index contributed by atoms with van der Waals surface area (Å²) in [4.78, 5) is 2.41. The molecule has 0 aliphatic carbocycles. The quantitative estimate of drug-likeness (QED) is 0.856. The third-order valence-electron chi connectivity index (χ3n) is 3.68. The van der Waals surface area contributed by atoms with Crippen LogP contribution in [0.15, 0.2) is 12.1 Å². The van der Waals surface area contributed by atoms with Crippen LogP contribution in [0.1, 0.15) is 11.1 Å². The molecule has 0 atom stereocenters. The smallest absolute Gasteiger partial charge is 0.132 e. The van der Waals surface area contributed by atoms with Crippen LogP contribution >= 0.6 is 0 Å². The van der Waals surface area contributed by atoms with Crippen LogP contribution < -0.4 is 10.1 Å². The van der Waals surface area contributed by atoms with Gasteiger partial charge < -0.3 is 19.7 Å². The summed E-state index contributed by atoms with van der Waals surface area (Å²) in [6, 6.07) is 3.32. The van der Waals surface area contributed by atoms with E-state index in [9.17, 15) is 4.39 Å². The molecule has 0 radical (unpaired) electrons. The monoisotopic (exact) mass is 282 g/mol. The van der Waals surface area contributed by atoms with Crippen molar-refractivity contribution in [1.82, 2.24) is 10.2 Å². The molecule has 0 amide bonds. The molecular weight excluding hydrogens is 259 g/mol. The lowest BCUT2D eigenvalue weighted by Crippen LogP contribution is -2.44. The van der Waals surface area contributed by atoms with Gasteiger partial charge in [0.1, 0.15) is 11.6 Å². The molecule has 0 spiro atoms. The van der Waals surface area contributed by atoms with Crippen molar-refractivity contribution < 1.29 is 13.9 Å². The van der Waals surface area contributed by atoms with Gasteiger partial charge in [0.15, 0.2) is 0 Å². The number of nitrogens with zero attached hydrogens (tertiary/aromatic N) is 1. The lowest BCUT2D eigenvalue weighted by atomic mass is 10.0. The zero-order valence-corrected chi connectivity index (χ0v) is 12.2. The number of benzene rings is 1. The van der Waals surface area contributed by atoms with E-state index in [0.29, 0.717) is 11.3 Å². The highest BCUT2D eigenvalue weighted by molar-refractivity contribution is 5.42. The number of methoxy groups -OCH3 is 2. The zero-order valence-electron chi connectivity index (χ0n) is 12.2. The van der Waals surface area contributed by atoms with Gasteiger partial charge in [-0.3, -0.25) is 0 Å². The fraction of sp³-hybridized carbons (Fsp3) is 0.600. The van der Waals surface area contributed by atoms with E-state index in [1.54, 1.807) is 14.2 Å². The van der Waals surface area contributed by atoms with Gasteiger partial charge in [-0.1, -0.05) is 6.07 Å². The number of hydrogen-bond acceptors (Lipinski definition) is 4. The predicted molar refractivity (Wildman–Crippen MR) is 76.7 cm³/mol. The van der Waals surface area contributed by atoms with Crippen molar-refractivity contribution >= 4 is 0 Å². The van der Waals surface area contributed by atoms with Gasteiger partial charge in [-0.05, 0) is 18.1 Å². The van der Waals surface area contributed by atoms with Crippen molar-refractivity contribution in [3.8, 4) is 5.75 Å². The molecule has 1 heterocycles. The van der Waals surface area contributed by atoms with E-state index in [1.165, 1.54) is 6.07 Å². The molecule has 112 valence electrons. The summed E-state index contributed by atoms with van der Waals surface area (Å²) in [6.45, 7) is 5.40. The van der Waals surface area contributed by atoms with E-state index in [4.69, 9.17) is 9.47 Å². The molecular formula is C15H23FN2O2. The average Bonchev–Trinajstić information content (AvgIpc) is 2.49. The maximum absolute atomic E-state index is 13.8. The summed E-state index contributed by atoms with van der Waals surface area (Å²) >= 11 is 0. The van der Waals surface area contributed by atoms with Crippen molar-refractivity contribution in [1.29, 1.82) is 0 Å². The number of halogens is 1. The fourth-order valence-electron chi connectivity index (χ4n) is 2.60. The molecule has 1 N–H and O–H groups in total. The highest BCUT2D eigenvalue weighted by Gasteiger charge is 2.16. The Morgan fingerprint density at radius 3 is 2.65 bits per heavy atom. The third kappa shape index (κ3) is 3.69. The fourth-order valence-corrected chi connectivity index (χ4v) is 2.60. The molecule has 2 rings (SSSR count). The Bertz CT molecular complexity index is 434. The van der Waals surface area contributed by atoms with Gasteiger partial charge >= 0.3 is 0 Å². The molecule has 1 aromatic rings. The Morgan fingerprint density at radius 2 is 2.00 bits per heavy atom. The molecule has 1 saturated heterocycles. The zero-order chi connectivity index (χ0) is 14.4. The Morgan fingerprint density at radius 1 is 1.25 bits per heavy atom. The number of piperazine rings is 1. The van der Waals surface area contributed by atoms with Crippen molar-refractivity contribution in [3.05, 3.63) is 29.1 Å². The average molecular weight is 282 g/mol. The van der Waals surface area contributed by atoms with Crippen LogP contribution in [0.5, 0.6) is 5.75 Å². The Hall–Kier alpha value is -1.17. The van der Waals surface area contributed by atoms with Crippen molar-refractivity contribution in [2.24, 2.45) is 0 Å². The summed E-state index contributed by atoms with van der Waals surface area (Å²) in [5.74, 6) is 0.358. The van der Waals surface area contributed by atoms with Gasteiger partial charge in [0.05, 0.1) is 19.3 Å². The maximum atomic E-state index is 13.8. The molecule has 1 aliphatic rings. The standard InChI is InChI=1S/C15H23FN2O2/c1-19-11-13-14(16)4-3-12(15(13)20-2)5-8-18-9-6-17-7-10-18/h3-4,17H,5-11H2,1-2H3. The Kier molecular flexibility index (Phi) is 5.76. The number of hydrogen-bond donors (Lipinski definition) is 1. The van der Waals surface area contributed by atoms with Crippen LogP contribution in [0.3, 0.4) is 0 Å². The number of rotatable bonds is 6. The van der Waals surface area contributed by atoms with Crippen molar-refractivity contribution in [2.75, 3.05) is 46.9 Å². The van der Waals surface area contributed by atoms with E-state index in [0.717, 1.165) is 44.7 Å². The van der Waals surface area contributed by atoms with E-state index < -0.39 is 0 Å². The van der Waals surface area contributed by atoms with E-state index >= 15 is 0 Å². The minimum Gasteiger partial charge on any atom is -0.496 e. The lowest BCUT2D eigenvalue weighted by molar-refractivity contribution is 0.177. The predicted octanol–water partition coefficient (Wildman–Crippen LogP) is 1.43. The summed E-state index contributed by atoms with van der Waals surface area (Å²) in [7, 11) is 3.15. The SMILES string of the molecule is COCc1c(F)ccc(CCN2CCNCC2)c1OC. The molecule has 1 fully saturated rings. The van der Waals surface area contributed by atoms with Crippen LogP contribution in [0.2, 0.25) is 0 Å². The van der Waals surface area contributed by atoms with Gasteiger partial charge in [-0.2, -0.15) is 0 Å². The number of nitrogens with one attached hydrogen (secondary N) is 1. The van der Waals surface area contributed by atoms with Crippen molar-refractivity contribution in [2.45, 2.75) is 13.0 Å². The molecule has 0 unspecified atom stereocenters. The van der Waals surface area contributed by atoms with Crippen LogP contribution in [0.4, 0.5) is 4.39 Å². The highest BCUT2D eigenvalue weighted by atomic mass is 19.1. The van der Waals surface area contributed by atoms with Crippen molar-refractivity contribution in [3.63, 3.8) is 0 Å². The van der Waals surface area contributed by atoms with Gasteiger partial charge in [0.2, 0.25) is 0 Å². The minimum atomic E-state index is -0.269. The normalized spacial score (nSPS) is 16.4. The Balaban J connectivity index is 2.08. The topological polar surface area (TPSA) is 33.7 Å². The summed E-state index contributed by atoms with van der Waals surface area (Å²) < 4.78 is 24.3. The highest BCUT2D eigenvalue weighted by Crippen LogP contribution is 2.27. The van der Waals surface area contributed by atoms with Gasteiger partial charge in [0, 0.05) is 39.8 Å². The van der Waals surface area contributed by atoms with E-state index in [2.05, 4.69) is 10.2 Å². The Labute approximate surface area is 119 Å². The first kappa shape index (κ1) is 15.2. The summed E-state index contributed by atoms with van der Waals surface area (Å²) in [5, 5.41) is 3.34. The first-order chi connectivity index (χ1) is 9.76. The third-order valence-corrected chi connectivity index (χ3v) is 3.68. The van der Waals surface area contributed by atoms with Crippen LogP contribution in [0.25, 0.3) is 0 Å². The lowest BCUT2D eigenvalue weighted by Gasteiger charge is -2.27. The van der Waals surface area contributed by atoms with Gasteiger partial charge in [0.25, 0.3) is 0 Å². The second-order valence-corrected chi connectivity index (χ2v) is 4.99. The van der Waals surface area contributed by atoms with Crippen LogP contribution in [-0.4, -0.2) is 51.8 Å². The largest absolute Gasteiger partial charge is 0.496 e. The van der Waals surface area contributed by atoms with E-state index in [1.807, 2.05) is 6.07 Å². The molecule has 20 heavy (non-hydrogen) atoms. The summed E-state index contributed by atoms with van der Waals surface area (Å²) in [5.41, 5.74) is 1.55. The molecule has 1 aliphatic heterocycles. The van der Waals surface area contributed by atoms with Crippen LogP contribution in [-0.2, 0) is 17.8 Å². The molecule has 4 nitrogen and oxygen atoms in total. The molecule has 1 aromatic carbocycles. The molecule has 0 saturated carbocycles. The number of ether oxygens (including phenoxy) is 2. The second kappa shape index (κ2) is 7.57. The van der Waals surface area contributed by atoms with Gasteiger partial charge in [-0.15, -0.1) is 0 Å². The van der Waals surface area contributed by atoms with Gasteiger partial charge in [-0.25, -0.2) is 4.39 Å². The minimum absolute atomic E-state index is 0.233. The first-order valence-corrected chi connectivity index (χ1v) is 7.02. The first-order valence-electron chi connectivity index (χ1n) is 7.02. The second-order valence-electron chi connectivity index (χ2n) is 4.99. The van der Waals surface area contributed by atoms with E-state index in [-0.39, 0.29) is 12.4 Å². The maximum Gasteiger partial charge on any atom is 0.132 e. The molecule has 0 bridgehead atoms. The summed E-state index contributed by atoms with van der Waals surface area (Å²) in [6.07, 6.45) is 0.861. The molecule has 0 aromatic heterocycles. The molecule has 5 heteroatoms.